The third-order valence-corrected chi connectivity index (χ3v) is 9.02. The first-order chi connectivity index (χ1) is 13.2. The third kappa shape index (κ3) is 3.85. The minimum Gasteiger partial charge on any atom is -0.325 e. The van der Waals surface area contributed by atoms with Gasteiger partial charge in [0.2, 0.25) is 15.9 Å². The molecule has 0 aliphatic heterocycles. The van der Waals surface area contributed by atoms with Crippen LogP contribution in [0.3, 0.4) is 0 Å². The minimum absolute atomic E-state index is 0.112. The molecule has 0 saturated heterocycles. The van der Waals surface area contributed by atoms with Crippen LogP contribution in [0.4, 0.5) is 5.69 Å². The van der Waals surface area contributed by atoms with Crippen LogP contribution in [-0.2, 0) is 14.8 Å². The van der Waals surface area contributed by atoms with Gasteiger partial charge in [-0.05, 0) is 80.7 Å². The summed E-state index contributed by atoms with van der Waals surface area (Å²) >= 11 is 1.49. The highest BCUT2D eigenvalue weighted by Crippen LogP contribution is 2.56. The van der Waals surface area contributed by atoms with Crippen molar-refractivity contribution in [3.8, 4) is 0 Å². The molecule has 4 fully saturated rings. The summed E-state index contributed by atoms with van der Waals surface area (Å²) in [5.74, 6) is 1.75. The summed E-state index contributed by atoms with van der Waals surface area (Å²) in [5, 5.41) is 2.88. The first-order valence-electron chi connectivity index (χ1n) is 10.2. The van der Waals surface area contributed by atoms with E-state index in [1.807, 2.05) is 20.1 Å². The fourth-order valence-corrected chi connectivity index (χ4v) is 7.80. The molecule has 7 heteroatoms. The smallest absolute Gasteiger partial charge is 0.241 e. The molecule has 1 aromatic carbocycles. The van der Waals surface area contributed by atoms with E-state index in [-0.39, 0.29) is 22.3 Å². The first-order valence-corrected chi connectivity index (χ1v) is 12.9. The van der Waals surface area contributed by atoms with Gasteiger partial charge < -0.3 is 5.32 Å². The molecule has 0 heterocycles. The molecule has 1 aromatic rings. The highest BCUT2D eigenvalue weighted by atomic mass is 32.2. The molecule has 0 atom stereocenters. The second-order valence-corrected chi connectivity index (χ2v) is 11.8. The van der Waals surface area contributed by atoms with Crippen molar-refractivity contribution in [3.63, 3.8) is 0 Å². The van der Waals surface area contributed by atoms with Gasteiger partial charge in [-0.25, -0.2) is 13.1 Å². The van der Waals surface area contributed by atoms with Crippen LogP contribution in [-0.4, -0.2) is 26.1 Å². The Morgan fingerprint density at radius 1 is 1.11 bits per heavy atom. The first kappa shape index (κ1) is 20.2. The Morgan fingerprint density at radius 2 is 1.68 bits per heavy atom. The molecule has 0 radical (unpaired) electrons. The number of amides is 1. The predicted octanol–water partition coefficient (Wildman–Crippen LogP) is 4.25. The van der Waals surface area contributed by atoms with E-state index in [0.29, 0.717) is 23.4 Å². The van der Waals surface area contributed by atoms with Gasteiger partial charge in [0.15, 0.2) is 0 Å². The van der Waals surface area contributed by atoms with Crippen molar-refractivity contribution in [3.05, 3.63) is 18.2 Å². The zero-order valence-corrected chi connectivity index (χ0v) is 18.5. The van der Waals surface area contributed by atoms with E-state index in [1.54, 1.807) is 18.2 Å². The van der Waals surface area contributed by atoms with E-state index in [0.717, 1.165) is 24.2 Å². The number of thioether (sulfide) groups is 1. The molecule has 154 valence electrons. The lowest BCUT2D eigenvalue weighted by Crippen LogP contribution is -2.59. The molecular formula is C21H30N2O3S2. The summed E-state index contributed by atoms with van der Waals surface area (Å²) in [6.07, 6.45) is 8.65. The van der Waals surface area contributed by atoms with E-state index >= 15 is 0 Å². The van der Waals surface area contributed by atoms with Crippen molar-refractivity contribution in [1.82, 2.24) is 4.72 Å². The average Bonchev–Trinajstić information content (AvgIpc) is 2.59. The Morgan fingerprint density at radius 3 is 2.18 bits per heavy atom. The lowest BCUT2D eigenvalue weighted by atomic mass is 9.53. The molecule has 5 nitrogen and oxygen atoms in total. The quantitative estimate of drug-likeness (QED) is 0.672. The Balaban J connectivity index is 1.60. The summed E-state index contributed by atoms with van der Waals surface area (Å²) in [6.45, 7) is 3.65. The highest BCUT2D eigenvalue weighted by molar-refractivity contribution is 7.98. The number of carbonyl (C=O) groups is 1. The SMILES string of the molecule is CSc1ccc(S(=O)(=O)NC23CC4CC(CC(C4)C2)C3)cc1NC(=O)C(C)C. The van der Waals surface area contributed by atoms with Crippen molar-refractivity contribution >= 4 is 33.4 Å². The molecule has 2 N–H and O–H groups in total. The maximum atomic E-state index is 13.3. The number of anilines is 1. The van der Waals surface area contributed by atoms with Crippen LogP contribution >= 0.6 is 11.8 Å². The number of carbonyl (C=O) groups excluding carboxylic acids is 1. The maximum absolute atomic E-state index is 13.3. The van der Waals surface area contributed by atoms with Crippen molar-refractivity contribution < 1.29 is 13.2 Å². The molecule has 4 aliphatic carbocycles. The highest BCUT2D eigenvalue weighted by Gasteiger charge is 2.52. The van der Waals surface area contributed by atoms with E-state index < -0.39 is 10.0 Å². The third-order valence-electron chi connectivity index (χ3n) is 6.65. The molecule has 0 aromatic heterocycles. The fraction of sp³-hybridized carbons (Fsp3) is 0.667. The number of hydrogen-bond acceptors (Lipinski definition) is 4. The van der Waals surface area contributed by atoms with Crippen LogP contribution in [0.25, 0.3) is 0 Å². The average molecular weight is 423 g/mol. The van der Waals surface area contributed by atoms with E-state index in [2.05, 4.69) is 10.0 Å². The molecule has 5 rings (SSSR count). The van der Waals surface area contributed by atoms with Gasteiger partial charge in [-0.1, -0.05) is 13.8 Å². The van der Waals surface area contributed by atoms with E-state index in [1.165, 1.54) is 31.0 Å². The summed E-state index contributed by atoms with van der Waals surface area (Å²) < 4.78 is 29.6. The van der Waals surface area contributed by atoms with E-state index in [9.17, 15) is 13.2 Å². The Kier molecular flexibility index (Phi) is 5.30. The second-order valence-electron chi connectivity index (χ2n) is 9.31. The van der Waals surface area contributed by atoms with Gasteiger partial charge in [0.05, 0.1) is 10.6 Å². The second kappa shape index (κ2) is 7.33. The van der Waals surface area contributed by atoms with Crippen molar-refractivity contribution in [2.75, 3.05) is 11.6 Å². The Hall–Kier alpha value is -1.05. The Labute approximate surface area is 172 Å². The van der Waals surface area contributed by atoms with Gasteiger partial charge in [0.25, 0.3) is 0 Å². The standard InChI is InChI=1S/C21H30N2O3S2/c1-13(2)20(24)22-18-9-17(4-5-19(18)27-3)28(25,26)23-21-10-14-6-15(11-21)8-16(7-14)12-21/h4-5,9,13-16,23H,6-8,10-12H2,1-3H3,(H,22,24). The summed E-state index contributed by atoms with van der Waals surface area (Å²) in [4.78, 5) is 13.3. The largest absolute Gasteiger partial charge is 0.325 e. The van der Waals surface area contributed by atoms with Crippen LogP contribution < -0.4 is 10.0 Å². The lowest BCUT2D eigenvalue weighted by Gasteiger charge is -2.56. The molecule has 4 aliphatic rings. The maximum Gasteiger partial charge on any atom is 0.241 e. The van der Waals surface area contributed by atoms with Crippen molar-refractivity contribution in [1.29, 1.82) is 0 Å². The molecule has 1 amide bonds. The zero-order valence-electron chi connectivity index (χ0n) is 16.8. The summed E-state index contributed by atoms with van der Waals surface area (Å²) in [6, 6.07) is 5.05. The van der Waals surface area contributed by atoms with E-state index in [4.69, 9.17) is 0 Å². The van der Waals surface area contributed by atoms with Crippen molar-refractivity contribution in [2.45, 2.75) is 67.7 Å². The van der Waals surface area contributed by atoms with Crippen LogP contribution in [0, 0.1) is 23.7 Å². The number of nitrogens with one attached hydrogen (secondary N) is 2. The summed E-state index contributed by atoms with van der Waals surface area (Å²) in [7, 11) is -3.64. The van der Waals surface area contributed by atoms with Gasteiger partial charge in [-0.3, -0.25) is 4.79 Å². The topological polar surface area (TPSA) is 75.3 Å². The molecule has 0 unspecified atom stereocenters. The monoisotopic (exact) mass is 422 g/mol. The van der Waals surface area contributed by atoms with Crippen molar-refractivity contribution in [2.24, 2.45) is 23.7 Å². The Bertz CT molecular complexity index is 844. The van der Waals surface area contributed by atoms with Crippen LogP contribution in [0.2, 0.25) is 0 Å². The number of benzene rings is 1. The van der Waals surface area contributed by atoms with Crippen LogP contribution in [0.1, 0.15) is 52.4 Å². The fourth-order valence-electron chi connectivity index (χ4n) is 5.81. The number of rotatable bonds is 6. The number of hydrogen-bond donors (Lipinski definition) is 2. The van der Waals surface area contributed by atoms with Gasteiger partial charge >= 0.3 is 0 Å². The lowest BCUT2D eigenvalue weighted by molar-refractivity contribution is -0.118. The predicted molar refractivity (Wildman–Crippen MR) is 113 cm³/mol. The molecule has 0 spiro atoms. The molecule has 4 bridgehead atoms. The normalized spacial score (nSPS) is 31.4. The summed E-state index contributed by atoms with van der Waals surface area (Å²) in [5.41, 5.74) is 0.298. The molecule has 28 heavy (non-hydrogen) atoms. The van der Waals surface area contributed by atoms with Gasteiger partial charge in [-0.15, -0.1) is 11.8 Å². The van der Waals surface area contributed by atoms with Gasteiger partial charge in [0.1, 0.15) is 0 Å². The molecule has 4 saturated carbocycles. The minimum atomic E-state index is -3.64. The number of sulfonamides is 1. The van der Waals surface area contributed by atoms with Gasteiger partial charge in [0, 0.05) is 16.4 Å². The zero-order chi connectivity index (χ0) is 20.1. The van der Waals surface area contributed by atoms with Gasteiger partial charge in [-0.2, -0.15) is 0 Å². The molecular weight excluding hydrogens is 392 g/mol. The van der Waals surface area contributed by atoms with Crippen LogP contribution in [0.15, 0.2) is 28.0 Å². The van der Waals surface area contributed by atoms with Crippen LogP contribution in [0.5, 0.6) is 0 Å².